The smallest absolute Gasteiger partial charge is 0.224 e. The summed E-state index contributed by atoms with van der Waals surface area (Å²) in [5, 5.41) is 14.5. The number of fused-ring (bicyclic) bond motifs is 3. The Morgan fingerprint density at radius 1 is 1.09 bits per heavy atom. The van der Waals surface area contributed by atoms with Gasteiger partial charge in [-0.15, -0.1) is 0 Å². The number of hydrogen-bond donors (Lipinski definition) is 1. The molecule has 0 aliphatic rings. The number of nitrogens with one attached hydrogen (secondary N) is 1. The molecule has 0 spiro atoms. The van der Waals surface area contributed by atoms with Gasteiger partial charge in [-0.3, -0.25) is 4.79 Å². The van der Waals surface area contributed by atoms with Crippen molar-refractivity contribution in [3.63, 3.8) is 0 Å². The lowest BCUT2D eigenvalue weighted by Gasteiger charge is -2.13. The lowest BCUT2D eigenvalue weighted by atomic mass is 10.0. The summed E-state index contributed by atoms with van der Waals surface area (Å²) >= 11 is 0. The summed E-state index contributed by atoms with van der Waals surface area (Å²) in [5.74, 6) is 1.29. The quantitative estimate of drug-likeness (QED) is 0.329. The van der Waals surface area contributed by atoms with E-state index in [1.165, 1.54) is 23.5 Å². The Kier molecular flexibility index (Phi) is 7.03. The molecule has 3 aromatic carbocycles. The van der Waals surface area contributed by atoms with Crippen molar-refractivity contribution in [1.29, 1.82) is 5.26 Å². The van der Waals surface area contributed by atoms with Crippen LogP contribution in [-0.4, -0.2) is 24.2 Å². The minimum Gasteiger partial charge on any atom is -0.495 e. The first kappa shape index (κ1) is 23.2. The molecule has 4 rings (SSSR count). The minimum atomic E-state index is -0.00822. The first-order valence-electron chi connectivity index (χ1n) is 11.6. The van der Waals surface area contributed by atoms with Gasteiger partial charge in [-0.1, -0.05) is 25.1 Å². The molecule has 1 aromatic heterocycles. The molecular formula is C28H29N3O3. The number of rotatable bonds is 9. The predicted molar refractivity (Wildman–Crippen MR) is 135 cm³/mol. The maximum atomic E-state index is 12.7. The number of hydrogen-bond acceptors (Lipinski definition) is 4. The molecule has 0 saturated carbocycles. The van der Waals surface area contributed by atoms with E-state index in [0.29, 0.717) is 30.1 Å². The number of methoxy groups -OCH3 is 1. The number of nitriles is 1. The summed E-state index contributed by atoms with van der Waals surface area (Å²) < 4.78 is 13.3. The Bertz CT molecular complexity index is 1370. The van der Waals surface area contributed by atoms with Crippen molar-refractivity contribution in [2.75, 3.05) is 19.0 Å². The Balaban J connectivity index is 1.34. The van der Waals surface area contributed by atoms with Crippen molar-refractivity contribution < 1.29 is 14.3 Å². The highest BCUT2D eigenvalue weighted by atomic mass is 16.5. The summed E-state index contributed by atoms with van der Waals surface area (Å²) in [4.78, 5) is 12.7. The molecule has 0 fully saturated rings. The third-order valence-electron chi connectivity index (χ3n) is 6.08. The standard InChI is InChI=1S/C28H29N3O3/c1-4-31-25-8-6-5-7-23(25)24-16-21(10-12-26(24)31)30-28(32)15-19(2)13-14-34-22-11-9-20(18-29)27(17-22)33-3/h5-12,16-17,19H,4,13-15H2,1-3H3,(H,30,32). The number of nitrogens with zero attached hydrogens (tertiary/aromatic N) is 2. The van der Waals surface area contributed by atoms with E-state index < -0.39 is 0 Å². The van der Waals surface area contributed by atoms with Gasteiger partial charge in [0.25, 0.3) is 0 Å². The maximum Gasteiger partial charge on any atom is 0.224 e. The summed E-state index contributed by atoms with van der Waals surface area (Å²) in [5.41, 5.74) is 3.66. The fourth-order valence-electron chi connectivity index (χ4n) is 4.33. The van der Waals surface area contributed by atoms with Gasteiger partial charge in [-0.25, -0.2) is 0 Å². The summed E-state index contributed by atoms with van der Waals surface area (Å²) in [6.45, 7) is 5.56. The zero-order valence-electron chi connectivity index (χ0n) is 19.8. The molecule has 1 atom stereocenters. The van der Waals surface area contributed by atoms with Gasteiger partial charge in [-0.05, 0) is 55.7 Å². The summed E-state index contributed by atoms with van der Waals surface area (Å²) in [7, 11) is 1.53. The number of para-hydroxylation sites is 1. The Morgan fingerprint density at radius 2 is 1.88 bits per heavy atom. The summed E-state index contributed by atoms with van der Waals surface area (Å²) in [6.07, 6.45) is 1.15. The number of aromatic nitrogens is 1. The number of aryl methyl sites for hydroxylation is 1. The molecular weight excluding hydrogens is 426 g/mol. The van der Waals surface area contributed by atoms with Crippen molar-refractivity contribution in [3.8, 4) is 17.6 Å². The molecule has 6 heteroatoms. The van der Waals surface area contributed by atoms with Gasteiger partial charge in [0, 0.05) is 46.5 Å². The van der Waals surface area contributed by atoms with E-state index in [2.05, 4.69) is 53.2 Å². The van der Waals surface area contributed by atoms with Gasteiger partial charge in [0.05, 0.1) is 19.3 Å². The van der Waals surface area contributed by atoms with E-state index in [-0.39, 0.29) is 11.8 Å². The second-order valence-electron chi connectivity index (χ2n) is 8.46. The average molecular weight is 456 g/mol. The first-order valence-corrected chi connectivity index (χ1v) is 11.6. The van der Waals surface area contributed by atoms with Gasteiger partial charge >= 0.3 is 0 Å². The number of anilines is 1. The molecule has 4 aromatic rings. The zero-order chi connectivity index (χ0) is 24.1. The van der Waals surface area contributed by atoms with E-state index in [9.17, 15) is 4.79 Å². The van der Waals surface area contributed by atoms with Crippen molar-refractivity contribution >= 4 is 33.4 Å². The van der Waals surface area contributed by atoms with Crippen molar-refractivity contribution in [3.05, 3.63) is 66.2 Å². The fourth-order valence-corrected chi connectivity index (χ4v) is 4.33. The molecule has 0 radical (unpaired) electrons. The van der Waals surface area contributed by atoms with Crippen LogP contribution in [0.25, 0.3) is 21.8 Å². The largest absolute Gasteiger partial charge is 0.495 e. The SMILES string of the molecule is CCn1c2ccccc2c2cc(NC(=O)CC(C)CCOc3ccc(C#N)c(OC)c3)ccc21. The maximum absolute atomic E-state index is 12.7. The zero-order valence-corrected chi connectivity index (χ0v) is 19.8. The van der Waals surface area contributed by atoms with Crippen LogP contribution >= 0.6 is 0 Å². The summed E-state index contributed by atoms with van der Waals surface area (Å²) in [6, 6.07) is 21.7. The monoisotopic (exact) mass is 455 g/mol. The Morgan fingerprint density at radius 3 is 2.65 bits per heavy atom. The van der Waals surface area contributed by atoms with Crippen LogP contribution < -0.4 is 14.8 Å². The van der Waals surface area contributed by atoms with Gasteiger partial charge in [0.15, 0.2) is 0 Å². The lowest BCUT2D eigenvalue weighted by molar-refractivity contribution is -0.117. The number of ether oxygens (including phenoxy) is 2. The van der Waals surface area contributed by atoms with Gasteiger partial charge in [0.1, 0.15) is 17.6 Å². The van der Waals surface area contributed by atoms with Crippen molar-refractivity contribution in [2.24, 2.45) is 5.92 Å². The highest BCUT2D eigenvalue weighted by Gasteiger charge is 2.13. The number of carbonyl (C=O) groups is 1. The fraction of sp³-hybridized carbons (Fsp3) is 0.286. The molecule has 0 bridgehead atoms. The molecule has 0 aliphatic heterocycles. The van der Waals surface area contributed by atoms with Crippen LogP contribution in [0.3, 0.4) is 0 Å². The first-order chi connectivity index (χ1) is 16.5. The van der Waals surface area contributed by atoms with Crippen molar-refractivity contribution in [2.45, 2.75) is 33.2 Å². The lowest BCUT2D eigenvalue weighted by Crippen LogP contribution is -2.16. The van der Waals surface area contributed by atoms with Crippen LogP contribution in [0.2, 0.25) is 0 Å². The van der Waals surface area contributed by atoms with E-state index in [4.69, 9.17) is 14.7 Å². The van der Waals surface area contributed by atoms with E-state index in [1.54, 1.807) is 18.2 Å². The number of carbonyl (C=O) groups excluding carboxylic acids is 1. The molecule has 1 unspecified atom stereocenters. The predicted octanol–water partition coefficient (Wildman–Crippen LogP) is 6.13. The molecule has 0 saturated heterocycles. The number of amides is 1. The normalized spacial score (nSPS) is 11.8. The third kappa shape index (κ3) is 4.84. The highest BCUT2D eigenvalue weighted by molar-refractivity contribution is 6.09. The van der Waals surface area contributed by atoms with Crippen LogP contribution in [0.15, 0.2) is 60.7 Å². The highest BCUT2D eigenvalue weighted by Crippen LogP contribution is 2.31. The number of benzene rings is 3. The third-order valence-corrected chi connectivity index (χ3v) is 6.08. The minimum absolute atomic E-state index is 0.00822. The van der Waals surface area contributed by atoms with Crippen LogP contribution in [0.1, 0.15) is 32.3 Å². The van der Waals surface area contributed by atoms with Crippen molar-refractivity contribution in [1.82, 2.24) is 4.57 Å². The van der Waals surface area contributed by atoms with Crippen LogP contribution in [0.4, 0.5) is 5.69 Å². The van der Waals surface area contributed by atoms with E-state index in [1.807, 2.05) is 19.1 Å². The molecule has 1 heterocycles. The molecule has 34 heavy (non-hydrogen) atoms. The molecule has 1 N–H and O–H groups in total. The molecule has 1 amide bonds. The molecule has 6 nitrogen and oxygen atoms in total. The van der Waals surface area contributed by atoms with Gasteiger partial charge < -0.3 is 19.4 Å². The van der Waals surface area contributed by atoms with E-state index >= 15 is 0 Å². The Hall–Kier alpha value is -3.98. The average Bonchev–Trinajstić information content (AvgIpc) is 3.16. The molecule has 0 aliphatic carbocycles. The second-order valence-corrected chi connectivity index (χ2v) is 8.46. The van der Waals surface area contributed by atoms with E-state index in [0.717, 1.165) is 24.0 Å². The molecule has 174 valence electrons. The Labute approximate surface area is 199 Å². The van der Waals surface area contributed by atoms with Gasteiger partial charge in [-0.2, -0.15) is 5.26 Å². The van der Waals surface area contributed by atoms with Crippen LogP contribution in [0, 0.1) is 17.2 Å². The topological polar surface area (TPSA) is 76.3 Å². The second kappa shape index (κ2) is 10.3. The van der Waals surface area contributed by atoms with Gasteiger partial charge in [0.2, 0.25) is 5.91 Å². The van der Waals surface area contributed by atoms with Crippen LogP contribution in [0.5, 0.6) is 11.5 Å². The van der Waals surface area contributed by atoms with Crippen LogP contribution in [-0.2, 0) is 11.3 Å².